The van der Waals surface area contributed by atoms with Gasteiger partial charge in [-0.2, -0.15) is 9.65 Å². The number of pyridine rings is 1. The van der Waals surface area contributed by atoms with E-state index in [4.69, 9.17) is 10.00 Å². The van der Waals surface area contributed by atoms with Crippen molar-refractivity contribution in [1.82, 2.24) is 4.98 Å². The predicted octanol–water partition coefficient (Wildman–Crippen LogP) is 2.35. The summed E-state index contributed by atoms with van der Waals surface area (Å²) in [5, 5.41) is 11.3. The Kier molecular flexibility index (Phi) is 3.91. The first-order chi connectivity index (χ1) is 9.65. The van der Waals surface area contributed by atoms with Crippen LogP contribution >= 0.6 is 0 Å². The Morgan fingerprint density at radius 2 is 2.25 bits per heavy atom. The van der Waals surface area contributed by atoms with Crippen molar-refractivity contribution in [3.63, 3.8) is 0 Å². The number of methoxy groups -OCH3 is 1. The second kappa shape index (κ2) is 5.80. The van der Waals surface area contributed by atoms with Crippen LogP contribution in [0.5, 0.6) is 5.75 Å². The number of nitriles is 1. The number of anilines is 1. The van der Waals surface area contributed by atoms with Crippen molar-refractivity contribution in [2.75, 3.05) is 12.4 Å². The molecule has 0 saturated carbocycles. The van der Waals surface area contributed by atoms with Crippen molar-refractivity contribution in [2.45, 2.75) is 0 Å². The zero-order valence-corrected chi connectivity index (χ0v) is 10.6. The molecule has 0 bridgehead atoms. The van der Waals surface area contributed by atoms with Crippen LogP contribution in [-0.4, -0.2) is 18.0 Å². The van der Waals surface area contributed by atoms with Crippen LogP contribution in [0.3, 0.4) is 0 Å². The summed E-state index contributed by atoms with van der Waals surface area (Å²) in [4.78, 5) is 15.4. The summed E-state index contributed by atoms with van der Waals surface area (Å²) in [5.74, 6) is -1.17. The van der Waals surface area contributed by atoms with Crippen LogP contribution < -0.4 is 10.1 Å². The Bertz CT molecular complexity index is 695. The minimum Gasteiger partial charge on any atom is -0.495 e. The number of benzene rings is 1. The van der Waals surface area contributed by atoms with Crippen molar-refractivity contribution in [1.29, 1.82) is 5.26 Å². The molecule has 0 unspecified atom stereocenters. The number of carbonyl (C=O) groups is 1. The number of halogens is 1. The summed E-state index contributed by atoms with van der Waals surface area (Å²) in [5.41, 5.74) is 0.575. The largest absolute Gasteiger partial charge is 0.495 e. The van der Waals surface area contributed by atoms with Gasteiger partial charge in [-0.3, -0.25) is 4.79 Å². The predicted molar refractivity (Wildman–Crippen MR) is 69.9 cm³/mol. The normalized spacial score (nSPS) is 9.65. The first-order valence-electron chi connectivity index (χ1n) is 5.65. The molecule has 0 aliphatic rings. The Morgan fingerprint density at radius 1 is 1.45 bits per heavy atom. The molecule has 0 aliphatic heterocycles. The minimum atomic E-state index is -0.849. The van der Waals surface area contributed by atoms with Gasteiger partial charge in [0.05, 0.1) is 30.0 Å². The van der Waals surface area contributed by atoms with Crippen LogP contribution in [0.1, 0.15) is 15.9 Å². The van der Waals surface area contributed by atoms with Crippen molar-refractivity contribution in [3.05, 3.63) is 53.6 Å². The van der Waals surface area contributed by atoms with Crippen LogP contribution in [0.15, 0.2) is 36.5 Å². The van der Waals surface area contributed by atoms with Crippen LogP contribution in [0.25, 0.3) is 0 Å². The molecule has 2 rings (SSSR count). The standard InChI is InChI=1S/C14H10FN3O2/c1-20-12-7-9(8-16)4-5-11(12)18-14(19)10-3-2-6-17-13(10)15/h2-7H,1H3,(H,18,19). The molecule has 1 amide bonds. The van der Waals surface area contributed by atoms with Gasteiger partial charge < -0.3 is 10.1 Å². The lowest BCUT2D eigenvalue weighted by molar-refractivity contribution is 0.102. The summed E-state index contributed by atoms with van der Waals surface area (Å²) < 4.78 is 18.5. The average molecular weight is 271 g/mol. The van der Waals surface area contributed by atoms with Gasteiger partial charge in [0.2, 0.25) is 5.95 Å². The monoisotopic (exact) mass is 271 g/mol. The number of rotatable bonds is 3. The highest BCUT2D eigenvalue weighted by Crippen LogP contribution is 2.25. The van der Waals surface area contributed by atoms with Gasteiger partial charge in [0.15, 0.2) is 0 Å². The van der Waals surface area contributed by atoms with Gasteiger partial charge in [-0.25, -0.2) is 4.98 Å². The summed E-state index contributed by atoms with van der Waals surface area (Å²) in [6, 6.07) is 9.28. The fourth-order valence-corrected chi connectivity index (χ4v) is 1.61. The Labute approximate surface area is 114 Å². The second-order valence-corrected chi connectivity index (χ2v) is 3.82. The molecule has 6 heteroatoms. The Hall–Kier alpha value is -2.94. The van der Waals surface area contributed by atoms with Crippen molar-refractivity contribution in [3.8, 4) is 11.8 Å². The van der Waals surface area contributed by atoms with Crippen molar-refractivity contribution >= 4 is 11.6 Å². The SMILES string of the molecule is COc1cc(C#N)ccc1NC(=O)c1cccnc1F. The van der Waals surface area contributed by atoms with Gasteiger partial charge in [-0.15, -0.1) is 0 Å². The van der Waals surface area contributed by atoms with Crippen LogP contribution in [0.2, 0.25) is 0 Å². The van der Waals surface area contributed by atoms with E-state index in [-0.39, 0.29) is 5.56 Å². The van der Waals surface area contributed by atoms with E-state index < -0.39 is 11.9 Å². The summed E-state index contributed by atoms with van der Waals surface area (Å²) in [6.45, 7) is 0. The lowest BCUT2D eigenvalue weighted by Gasteiger charge is -2.10. The Morgan fingerprint density at radius 3 is 2.90 bits per heavy atom. The molecular weight excluding hydrogens is 261 g/mol. The van der Waals surface area contributed by atoms with Gasteiger partial charge in [-0.1, -0.05) is 0 Å². The van der Waals surface area contributed by atoms with Gasteiger partial charge in [-0.05, 0) is 24.3 Å². The lowest BCUT2D eigenvalue weighted by atomic mass is 10.2. The lowest BCUT2D eigenvalue weighted by Crippen LogP contribution is -2.15. The average Bonchev–Trinajstić information content (AvgIpc) is 2.48. The van der Waals surface area contributed by atoms with Crippen LogP contribution in [-0.2, 0) is 0 Å². The maximum Gasteiger partial charge on any atom is 0.260 e. The molecule has 0 aliphatic carbocycles. The number of hydrogen-bond donors (Lipinski definition) is 1. The number of aromatic nitrogens is 1. The quantitative estimate of drug-likeness (QED) is 0.869. The zero-order chi connectivity index (χ0) is 14.5. The molecule has 0 saturated heterocycles. The Balaban J connectivity index is 2.29. The van der Waals surface area contributed by atoms with E-state index in [1.165, 1.54) is 43.6 Å². The smallest absolute Gasteiger partial charge is 0.260 e. The van der Waals surface area contributed by atoms with E-state index in [1.807, 2.05) is 6.07 Å². The molecule has 1 heterocycles. The van der Waals surface area contributed by atoms with E-state index in [0.29, 0.717) is 17.0 Å². The minimum absolute atomic E-state index is 0.168. The summed E-state index contributed by atoms with van der Waals surface area (Å²) in [6.07, 6.45) is 1.26. The number of hydrogen-bond acceptors (Lipinski definition) is 4. The van der Waals surface area contributed by atoms with Gasteiger partial charge in [0.25, 0.3) is 5.91 Å². The van der Waals surface area contributed by atoms with E-state index in [2.05, 4.69) is 10.3 Å². The number of carbonyl (C=O) groups excluding carboxylic acids is 1. The zero-order valence-electron chi connectivity index (χ0n) is 10.6. The molecule has 0 fully saturated rings. The van der Waals surface area contributed by atoms with Crippen molar-refractivity contribution in [2.24, 2.45) is 0 Å². The van der Waals surface area contributed by atoms with E-state index >= 15 is 0 Å². The summed E-state index contributed by atoms with van der Waals surface area (Å²) >= 11 is 0. The molecule has 1 N–H and O–H groups in total. The van der Waals surface area contributed by atoms with Crippen molar-refractivity contribution < 1.29 is 13.9 Å². The third kappa shape index (κ3) is 2.72. The van der Waals surface area contributed by atoms with Gasteiger partial charge >= 0.3 is 0 Å². The highest BCUT2D eigenvalue weighted by Gasteiger charge is 2.14. The van der Waals surface area contributed by atoms with E-state index in [9.17, 15) is 9.18 Å². The topological polar surface area (TPSA) is 75.0 Å². The van der Waals surface area contributed by atoms with E-state index in [1.54, 1.807) is 0 Å². The molecule has 0 atom stereocenters. The molecule has 5 nitrogen and oxygen atoms in total. The number of nitrogens with one attached hydrogen (secondary N) is 1. The maximum atomic E-state index is 13.4. The molecule has 20 heavy (non-hydrogen) atoms. The molecule has 0 radical (unpaired) electrons. The van der Waals surface area contributed by atoms with E-state index in [0.717, 1.165) is 0 Å². The van der Waals surface area contributed by atoms with Gasteiger partial charge in [0.1, 0.15) is 5.75 Å². The molecule has 100 valence electrons. The first-order valence-corrected chi connectivity index (χ1v) is 5.65. The third-order valence-corrected chi connectivity index (χ3v) is 2.58. The third-order valence-electron chi connectivity index (χ3n) is 2.58. The van der Waals surface area contributed by atoms with Crippen LogP contribution in [0, 0.1) is 17.3 Å². The van der Waals surface area contributed by atoms with Crippen LogP contribution in [0.4, 0.5) is 10.1 Å². The molecule has 1 aromatic heterocycles. The maximum absolute atomic E-state index is 13.4. The summed E-state index contributed by atoms with van der Waals surface area (Å²) in [7, 11) is 1.41. The highest BCUT2D eigenvalue weighted by atomic mass is 19.1. The molecule has 2 aromatic rings. The number of nitrogens with zero attached hydrogens (tertiary/aromatic N) is 2. The van der Waals surface area contributed by atoms with Gasteiger partial charge in [0, 0.05) is 12.3 Å². The number of ether oxygens (including phenoxy) is 1. The highest BCUT2D eigenvalue weighted by molar-refractivity contribution is 6.05. The molecule has 0 spiro atoms. The second-order valence-electron chi connectivity index (χ2n) is 3.82. The number of amides is 1. The fourth-order valence-electron chi connectivity index (χ4n) is 1.61. The molecular formula is C14H10FN3O2. The first kappa shape index (κ1) is 13.5. The molecule has 1 aromatic carbocycles. The fraction of sp³-hybridized carbons (Fsp3) is 0.0714.